The van der Waals surface area contributed by atoms with Crippen molar-refractivity contribution >= 4 is 29.0 Å². The Morgan fingerprint density at radius 1 is 1.08 bits per heavy atom. The Hall–Kier alpha value is -4.61. The SMILES string of the molecule is Cc1ccc(N2CCCN(Cc3cccc(OC(F)(F)F)c3)C2=O)c(NC(=O)c2ccc([N+](=O)[O-])cc2)c1. The van der Waals surface area contributed by atoms with Gasteiger partial charge in [0.1, 0.15) is 5.75 Å². The van der Waals surface area contributed by atoms with Crippen molar-refractivity contribution in [3.8, 4) is 5.75 Å². The van der Waals surface area contributed by atoms with Gasteiger partial charge in [-0.25, -0.2) is 4.79 Å². The molecule has 1 heterocycles. The molecule has 1 aliphatic rings. The third kappa shape index (κ3) is 6.38. The largest absolute Gasteiger partial charge is 0.573 e. The van der Waals surface area contributed by atoms with Crippen LogP contribution in [0.15, 0.2) is 66.7 Å². The van der Waals surface area contributed by atoms with Crippen LogP contribution in [0.5, 0.6) is 5.75 Å². The highest BCUT2D eigenvalue weighted by Crippen LogP contribution is 2.31. The van der Waals surface area contributed by atoms with Crippen molar-refractivity contribution in [2.75, 3.05) is 23.3 Å². The molecular formula is C26H23F3N4O5. The lowest BCUT2D eigenvalue weighted by molar-refractivity contribution is -0.384. The number of rotatable bonds is 7. The number of carbonyl (C=O) groups excluding carboxylic acids is 2. The lowest BCUT2D eigenvalue weighted by Crippen LogP contribution is -2.49. The van der Waals surface area contributed by atoms with Gasteiger partial charge in [-0.15, -0.1) is 13.2 Å². The number of aryl methyl sites for hydroxylation is 1. The number of hydrogen-bond acceptors (Lipinski definition) is 5. The third-order valence-electron chi connectivity index (χ3n) is 5.85. The van der Waals surface area contributed by atoms with E-state index in [2.05, 4.69) is 10.1 Å². The topological polar surface area (TPSA) is 105 Å². The summed E-state index contributed by atoms with van der Waals surface area (Å²) in [5, 5.41) is 13.7. The van der Waals surface area contributed by atoms with Crippen LogP contribution >= 0.6 is 0 Å². The van der Waals surface area contributed by atoms with E-state index in [1.807, 2.05) is 6.92 Å². The molecule has 4 rings (SSSR count). The lowest BCUT2D eigenvalue weighted by Gasteiger charge is -2.36. The van der Waals surface area contributed by atoms with Crippen LogP contribution < -0.4 is 15.0 Å². The monoisotopic (exact) mass is 528 g/mol. The first-order chi connectivity index (χ1) is 18.0. The molecule has 0 atom stereocenters. The van der Waals surface area contributed by atoms with Crippen molar-refractivity contribution < 1.29 is 32.4 Å². The van der Waals surface area contributed by atoms with Gasteiger partial charge in [0, 0.05) is 37.3 Å². The fourth-order valence-electron chi connectivity index (χ4n) is 4.13. The molecule has 38 heavy (non-hydrogen) atoms. The lowest BCUT2D eigenvalue weighted by atomic mass is 10.1. The average molecular weight is 528 g/mol. The molecule has 0 radical (unpaired) electrons. The fraction of sp³-hybridized carbons (Fsp3) is 0.231. The quantitative estimate of drug-likeness (QED) is 0.304. The number of anilines is 2. The Morgan fingerprint density at radius 3 is 2.50 bits per heavy atom. The molecule has 1 N–H and O–H groups in total. The highest BCUT2D eigenvalue weighted by atomic mass is 19.4. The molecule has 0 bridgehead atoms. The second-order valence-corrected chi connectivity index (χ2v) is 8.68. The number of hydrogen-bond donors (Lipinski definition) is 1. The minimum absolute atomic E-state index is 0.0702. The van der Waals surface area contributed by atoms with Gasteiger partial charge < -0.3 is 15.0 Å². The van der Waals surface area contributed by atoms with Gasteiger partial charge in [0.05, 0.1) is 16.3 Å². The summed E-state index contributed by atoms with van der Waals surface area (Å²) in [6.45, 7) is 2.67. The number of benzene rings is 3. The molecule has 1 aliphatic heterocycles. The maximum absolute atomic E-state index is 13.4. The van der Waals surface area contributed by atoms with Gasteiger partial charge in [0.2, 0.25) is 0 Å². The molecule has 198 valence electrons. The van der Waals surface area contributed by atoms with Crippen LogP contribution in [-0.4, -0.2) is 41.2 Å². The summed E-state index contributed by atoms with van der Waals surface area (Å²) >= 11 is 0. The van der Waals surface area contributed by atoms with Gasteiger partial charge >= 0.3 is 12.4 Å². The summed E-state index contributed by atoms with van der Waals surface area (Å²) in [5.41, 5.74) is 2.19. The molecule has 1 fully saturated rings. The molecule has 3 amide bonds. The first-order valence-corrected chi connectivity index (χ1v) is 11.6. The van der Waals surface area contributed by atoms with E-state index in [1.165, 1.54) is 52.3 Å². The number of non-ortho nitro benzene ring substituents is 1. The number of ether oxygens (including phenoxy) is 1. The molecule has 0 aromatic heterocycles. The maximum Gasteiger partial charge on any atom is 0.573 e. The van der Waals surface area contributed by atoms with Crippen molar-refractivity contribution in [2.24, 2.45) is 0 Å². The standard InChI is InChI=1S/C26H23F3N4O5/c1-17-6-11-23(22(14-17)30-24(34)19-7-9-20(10-8-19)33(36)37)32-13-3-12-31(25(32)35)16-18-4-2-5-21(15-18)38-26(27,28)29/h2,4-11,14-15H,3,12-13,16H2,1H3,(H,30,34). The van der Waals surface area contributed by atoms with Crippen LogP contribution in [0, 0.1) is 17.0 Å². The van der Waals surface area contributed by atoms with Crippen molar-refractivity contribution in [1.29, 1.82) is 0 Å². The average Bonchev–Trinajstić information content (AvgIpc) is 2.85. The molecule has 3 aromatic carbocycles. The smallest absolute Gasteiger partial charge is 0.406 e. The molecule has 0 spiro atoms. The van der Waals surface area contributed by atoms with Crippen LogP contribution in [0.4, 0.5) is 35.0 Å². The van der Waals surface area contributed by atoms with Gasteiger partial charge in [-0.2, -0.15) is 0 Å². The zero-order valence-corrected chi connectivity index (χ0v) is 20.2. The van der Waals surface area contributed by atoms with E-state index in [0.29, 0.717) is 36.4 Å². The number of alkyl halides is 3. The Kier molecular flexibility index (Phi) is 7.51. The van der Waals surface area contributed by atoms with Crippen LogP contribution in [0.3, 0.4) is 0 Å². The molecule has 3 aromatic rings. The summed E-state index contributed by atoms with van der Waals surface area (Å²) in [5.74, 6) is -0.874. The molecule has 0 unspecified atom stereocenters. The van der Waals surface area contributed by atoms with E-state index in [0.717, 1.165) is 5.56 Å². The van der Waals surface area contributed by atoms with E-state index in [4.69, 9.17) is 0 Å². The predicted molar refractivity (Wildman–Crippen MR) is 133 cm³/mol. The highest BCUT2D eigenvalue weighted by molar-refractivity contribution is 6.07. The maximum atomic E-state index is 13.4. The summed E-state index contributed by atoms with van der Waals surface area (Å²) in [4.78, 5) is 39.6. The molecular weight excluding hydrogens is 505 g/mol. The van der Waals surface area contributed by atoms with Crippen LogP contribution in [-0.2, 0) is 6.54 Å². The molecule has 0 aliphatic carbocycles. The Bertz CT molecular complexity index is 1360. The first kappa shape index (κ1) is 26.5. The Balaban J connectivity index is 1.53. The zero-order valence-electron chi connectivity index (χ0n) is 20.2. The van der Waals surface area contributed by atoms with E-state index in [-0.39, 0.29) is 29.6 Å². The zero-order chi connectivity index (χ0) is 27.4. The normalized spacial score (nSPS) is 13.8. The summed E-state index contributed by atoms with van der Waals surface area (Å²) in [6.07, 6.45) is -4.23. The van der Waals surface area contributed by atoms with E-state index < -0.39 is 17.2 Å². The number of amides is 3. The van der Waals surface area contributed by atoms with Gasteiger partial charge in [0.25, 0.3) is 11.6 Å². The minimum Gasteiger partial charge on any atom is -0.406 e. The number of nitrogens with one attached hydrogen (secondary N) is 1. The van der Waals surface area contributed by atoms with Crippen molar-refractivity contribution in [3.05, 3.63) is 93.5 Å². The van der Waals surface area contributed by atoms with Gasteiger partial charge in [0.15, 0.2) is 0 Å². The third-order valence-corrected chi connectivity index (χ3v) is 5.85. The molecule has 1 saturated heterocycles. The van der Waals surface area contributed by atoms with Gasteiger partial charge in [-0.05, 0) is 60.9 Å². The molecule has 0 saturated carbocycles. The number of nitro groups is 1. The number of halogens is 3. The van der Waals surface area contributed by atoms with Crippen LogP contribution in [0.25, 0.3) is 0 Å². The van der Waals surface area contributed by atoms with Crippen molar-refractivity contribution in [1.82, 2.24) is 4.90 Å². The van der Waals surface area contributed by atoms with Crippen LogP contribution in [0.2, 0.25) is 0 Å². The van der Waals surface area contributed by atoms with E-state index >= 15 is 0 Å². The Labute approximate surface area is 215 Å². The molecule has 9 nitrogen and oxygen atoms in total. The number of urea groups is 1. The fourth-order valence-corrected chi connectivity index (χ4v) is 4.13. The van der Waals surface area contributed by atoms with Gasteiger partial charge in [-0.3, -0.25) is 19.8 Å². The second-order valence-electron chi connectivity index (χ2n) is 8.68. The van der Waals surface area contributed by atoms with Crippen molar-refractivity contribution in [3.63, 3.8) is 0 Å². The van der Waals surface area contributed by atoms with Gasteiger partial charge in [-0.1, -0.05) is 18.2 Å². The molecule has 12 heteroatoms. The first-order valence-electron chi connectivity index (χ1n) is 11.6. The number of nitrogens with zero attached hydrogens (tertiary/aromatic N) is 3. The van der Waals surface area contributed by atoms with E-state index in [1.54, 1.807) is 24.3 Å². The summed E-state index contributed by atoms with van der Waals surface area (Å²) in [7, 11) is 0. The van der Waals surface area contributed by atoms with Crippen molar-refractivity contribution in [2.45, 2.75) is 26.3 Å². The van der Waals surface area contributed by atoms with Crippen LogP contribution in [0.1, 0.15) is 27.9 Å². The highest BCUT2D eigenvalue weighted by Gasteiger charge is 2.32. The minimum atomic E-state index is -4.82. The summed E-state index contributed by atoms with van der Waals surface area (Å²) in [6, 6.07) is 15.4. The summed E-state index contributed by atoms with van der Waals surface area (Å²) < 4.78 is 41.8. The predicted octanol–water partition coefficient (Wildman–Crippen LogP) is 5.89. The van der Waals surface area contributed by atoms with E-state index in [9.17, 15) is 32.9 Å². The number of nitro benzene ring substituents is 1. The second kappa shape index (κ2) is 10.8. The number of carbonyl (C=O) groups is 2. The Morgan fingerprint density at radius 2 is 1.82 bits per heavy atom.